The topological polar surface area (TPSA) is 78.9 Å². The minimum absolute atomic E-state index is 0.109. The van der Waals surface area contributed by atoms with Crippen molar-refractivity contribution in [3.8, 4) is 0 Å². The second-order valence-electron chi connectivity index (χ2n) is 6.54. The molecule has 0 aromatic carbocycles. The predicted molar refractivity (Wildman–Crippen MR) is 103 cm³/mol. The first-order valence-electron chi connectivity index (χ1n) is 8.21. The summed E-state index contributed by atoms with van der Waals surface area (Å²) in [5, 5.41) is 12.2. The number of carbonyl (C=O) groups is 2. The lowest BCUT2D eigenvalue weighted by atomic mass is 10.2. The van der Waals surface area contributed by atoms with Gasteiger partial charge in [-0.15, -0.1) is 0 Å². The highest BCUT2D eigenvalue weighted by molar-refractivity contribution is 8.76. The van der Waals surface area contributed by atoms with E-state index in [1.807, 2.05) is 53.5 Å². The van der Waals surface area contributed by atoms with Gasteiger partial charge in [0.15, 0.2) is 0 Å². The molecule has 0 amide bonds. The average Bonchev–Trinajstić information content (AvgIpc) is 2.43. The molecular formula is C16H32N2O4S2. The highest BCUT2D eigenvalue weighted by atomic mass is 33.1. The summed E-state index contributed by atoms with van der Waals surface area (Å²) >= 11 is 0. The largest absolute Gasteiger partial charge is 0.480 e. The first-order valence-corrected chi connectivity index (χ1v) is 10.7. The third kappa shape index (κ3) is 9.76. The molecule has 2 N–H and O–H groups in total. The number of nitrogens with zero attached hydrogens (tertiary/aromatic N) is 1. The molecule has 0 bridgehead atoms. The van der Waals surface area contributed by atoms with E-state index < -0.39 is 12.0 Å². The maximum Gasteiger partial charge on any atom is 0.324 e. The van der Waals surface area contributed by atoms with Crippen LogP contribution < -0.4 is 5.32 Å². The predicted octanol–water partition coefficient (Wildman–Crippen LogP) is 2.48. The van der Waals surface area contributed by atoms with Gasteiger partial charge in [0.2, 0.25) is 0 Å². The lowest BCUT2D eigenvalue weighted by molar-refractivity contribution is -0.153. The Morgan fingerprint density at radius 2 is 1.62 bits per heavy atom. The zero-order valence-electron chi connectivity index (χ0n) is 15.7. The molecule has 0 saturated carbocycles. The van der Waals surface area contributed by atoms with E-state index in [9.17, 15) is 14.7 Å². The lowest BCUT2D eigenvalue weighted by Gasteiger charge is -2.30. The standard InChI is InChI=1S/C16H32N2O4S2/c1-10(2)17-13(15(19)20)8-23-24-9-14(18(7)11(3)4)16(21)22-12(5)6/h10-14,17H,8-9H2,1-7H3,(H,19,20). The van der Waals surface area contributed by atoms with Gasteiger partial charge in [0.1, 0.15) is 12.1 Å². The number of carboxylic acid groups (broad SMARTS) is 1. The monoisotopic (exact) mass is 380 g/mol. The van der Waals surface area contributed by atoms with Gasteiger partial charge in [0, 0.05) is 23.6 Å². The molecule has 0 aliphatic heterocycles. The van der Waals surface area contributed by atoms with Crippen molar-refractivity contribution in [1.82, 2.24) is 10.2 Å². The third-order valence-corrected chi connectivity index (χ3v) is 5.71. The Labute approximate surface area is 153 Å². The number of rotatable bonds is 12. The van der Waals surface area contributed by atoms with Crippen molar-refractivity contribution in [3.63, 3.8) is 0 Å². The Kier molecular flexibility index (Phi) is 11.8. The Balaban J connectivity index is 4.55. The van der Waals surface area contributed by atoms with E-state index >= 15 is 0 Å². The zero-order chi connectivity index (χ0) is 18.9. The van der Waals surface area contributed by atoms with Crippen molar-refractivity contribution in [2.24, 2.45) is 0 Å². The minimum Gasteiger partial charge on any atom is -0.480 e. The molecule has 6 nitrogen and oxygen atoms in total. The number of aliphatic carboxylic acids is 1. The van der Waals surface area contributed by atoms with Crippen LogP contribution in [-0.2, 0) is 14.3 Å². The van der Waals surface area contributed by atoms with Gasteiger partial charge in [0.25, 0.3) is 0 Å². The van der Waals surface area contributed by atoms with Gasteiger partial charge in [0.05, 0.1) is 6.10 Å². The Morgan fingerprint density at radius 3 is 2.04 bits per heavy atom. The quantitative estimate of drug-likeness (QED) is 0.304. The van der Waals surface area contributed by atoms with E-state index in [0.717, 1.165) is 0 Å². The van der Waals surface area contributed by atoms with Gasteiger partial charge in [-0.25, -0.2) is 0 Å². The number of ether oxygens (including phenoxy) is 1. The maximum atomic E-state index is 12.3. The number of esters is 1. The molecule has 2 atom stereocenters. The van der Waals surface area contributed by atoms with Crippen molar-refractivity contribution in [2.45, 2.75) is 71.8 Å². The SMILES string of the molecule is CC(C)NC(CSSCC(C(=O)OC(C)C)N(C)C(C)C)C(=O)O. The van der Waals surface area contributed by atoms with Crippen LogP contribution in [0.5, 0.6) is 0 Å². The first kappa shape index (κ1) is 23.6. The molecule has 0 aliphatic carbocycles. The average molecular weight is 381 g/mol. The number of carbonyl (C=O) groups excluding carboxylic acids is 1. The third-order valence-electron chi connectivity index (χ3n) is 3.31. The number of hydrogen-bond donors (Lipinski definition) is 2. The van der Waals surface area contributed by atoms with Crippen molar-refractivity contribution in [3.05, 3.63) is 0 Å². The molecule has 0 rings (SSSR count). The molecule has 0 spiro atoms. The maximum absolute atomic E-state index is 12.3. The molecule has 0 fully saturated rings. The summed E-state index contributed by atoms with van der Waals surface area (Å²) in [6.07, 6.45) is -0.148. The van der Waals surface area contributed by atoms with E-state index in [-0.39, 0.29) is 30.2 Å². The van der Waals surface area contributed by atoms with E-state index in [1.165, 1.54) is 21.6 Å². The van der Waals surface area contributed by atoms with Crippen molar-refractivity contribution < 1.29 is 19.4 Å². The molecule has 0 aliphatic rings. The minimum atomic E-state index is -0.855. The number of hydrogen-bond acceptors (Lipinski definition) is 7. The number of likely N-dealkylation sites (N-methyl/N-ethyl adjacent to an activating group) is 1. The molecule has 2 unspecified atom stereocenters. The van der Waals surface area contributed by atoms with E-state index in [0.29, 0.717) is 11.5 Å². The second kappa shape index (κ2) is 12.0. The van der Waals surface area contributed by atoms with Crippen LogP contribution in [-0.4, -0.2) is 70.8 Å². The van der Waals surface area contributed by atoms with Crippen LogP contribution in [0.1, 0.15) is 41.5 Å². The Hall–Kier alpha value is -0.440. The molecule has 0 aromatic rings. The van der Waals surface area contributed by atoms with Crippen LogP contribution in [0.3, 0.4) is 0 Å². The molecule has 142 valence electrons. The zero-order valence-corrected chi connectivity index (χ0v) is 17.4. The molecular weight excluding hydrogens is 348 g/mol. The molecule has 0 aromatic heterocycles. The molecule has 0 saturated heterocycles. The van der Waals surface area contributed by atoms with Crippen LogP contribution in [0.4, 0.5) is 0 Å². The second-order valence-corrected chi connectivity index (χ2v) is 9.09. The summed E-state index contributed by atoms with van der Waals surface area (Å²) in [5.74, 6) is -0.0923. The fourth-order valence-electron chi connectivity index (χ4n) is 1.84. The van der Waals surface area contributed by atoms with Gasteiger partial charge in [-0.3, -0.25) is 14.5 Å². The summed E-state index contributed by atoms with van der Waals surface area (Å²) < 4.78 is 5.34. The number of nitrogens with one attached hydrogen (secondary N) is 1. The van der Waals surface area contributed by atoms with Crippen LogP contribution in [0.2, 0.25) is 0 Å². The van der Waals surface area contributed by atoms with Crippen LogP contribution in [0.25, 0.3) is 0 Å². The van der Waals surface area contributed by atoms with Crippen molar-refractivity contribution in [1.29, 1.82) is 0 Å². The van der Waals surface area contributed by atoms with E-state index in [4.69, 9.17) is 4.74 Å². The van der Waals surface area contributed by atoms with E-state index in [1.54, 1.807) is 0 Å². The summed E-state index contributed by atoms with van der Waals surface area (Å²) in [5.41, 5.74) is 0. The first-order chi connectivity index (χ1) is 11.1. The summed E-state index contributed by atoms with van der Waals surface area (Å²) in [6.45, 7) is 11.6. The Morgan fingerprint density at radius 1 is 1.08 bits per heavy atom. The normalized spacial score (nSPS) is 14.5. The highest BCUT2D eigenvalue weighted by Gasteiger charge is 2.27. The van der Waals surface area contributed by atoms with Crippen molar-refractivity contribution >= 4 is 33.5 Å². The lowest BCUT2D eigenvalue weighted by Crippen LogP contribution is -2.45. The van der Waals surface area contributed by atoms with Gasteiger partial charge in [-0.05, 0) is 34.7 Å². The van der Waals surface area contributed by atoms with Gasteiger partial charge < -0.3 is 15.2 Å². The van der Waals surface area contributed by atoms with Crippen LogP contribution in [0.15, 0.2) is 0 Å². The molecule has 0 heterocycles. The molecule has 0 radical (unpaired) electrons. The van der Waals surface area contributed by atoms with Gasteiger partial charge in [-0.1, -0.05) is 35.4 Å². The molecule has 8 heteroatoms. The summed E-state index contributed by atoms with van der Waals surface area (Å²) in [7, 11) is 4.88. The van der Waals surface area contributed by atoms with Gasteiger partial charge in [-0.2, -0.15) is 0 Å². The number of carboxylic acids is 1. The van der Waals surface area contributed by atoms with Crippen molar-refractivity contribution in [2.75, 3.05) is 18.6 Å². The highest BCUT2D eigenvalue weighted by Crippen LogP contribution is 2.25. The molecule has 24 heavy (non-hydrogen) atoms. The van der Waals surface area contributed by atoms with E-state index in [2.05, 4.69) is 5.32 Å². The summed E-state index contributed by atoms with van der Waals surface area (Å²) in [6, 6.07) is -0.607. The smallest absolute Gasteiger partial charge is 0.324 e. The fraction of sp³-hybridized carbons (Fsp3) is 0.875. The van der Waals surface area contributed by atoms with Crippen LogP contribution in [0, 0.1) is 0 Å². The fourth-order valence-corrected chi connectivity index (χ4v) is 4.28. The Bertz CT molecular complexity index is 392. The summed E-state index contributed by atoms with van der Waals surface area (Å²) in [4.78, 5) is 25.5. The van der Waals surface area contributed by atoms with Crippen LogP contribution >= 0.6 is 21.6 Å². The van der Waals surface area contributed by atoms with Gasteiger partial charge >= 0.3 is 11.9 Å².